The number of nitrogens with zero attached hydrogens (tertiary/aromatic N) is 2. The Labute approximate surface area is 121 Å². The zero-order chi connectivity index (χ0) is 15.4. The predicted molar refractivity (Wildman–Crippen MR) is 76.8 cm³/mol. The summed E-state index contributed by atoms with van der Waals surface area (Å²) in [5.41, 5.74) is 1.42. The van der Waals surface area contributed by atoms with Crippen LogP contribution < -0.4 is 5.06 Å². The lowest BCUT2D eigenvalue weighted by molar-refractivity contribution is -0.144. The molecule has 0 amide bonds. The monoisotopic (exact) mass is 291 g/mol. The molecule has 0 saturated heterocycles. The molecule has 0 bridgehead atoms. The average Bonchev–Trinajstić information content (AvgIpc) is 2.90. The summed E-state index contributed by atoms with van der Waals surface area (Å²) < 4.78 is 4.74. The van der Waals surface area contributed by atoms with Crippen LogP contribution in [0, 0.1) is 0 Å². The molecule has 0 radical (unpaired) electrons. The van der Waals surface area contributed by atoms with Gasteiger partial charge in [-0.1, -0.05) is 6.92 Å². The molecule has 0 unspecified atom stereocenters. The van der Waals surface area contributed by atoms with Gasteiger partial charge in [0.05, 0.1) is 23.7 Å². The molecular weight excluding hydrogens is 274 g/mol. The van der Waals surface area contributed by atoms with E-state index >= 15 is 0 Å². The van der Waals surface area contributed by atoms with Crippen molar-refractivity contribution in [1.82, 2.24) is 9.97 Å². The fourth-order valence-electron chi connectivity index (χ4n) is 2.02. The first-order chi connectivity index (χ1) is 10.1. The summed E-state index contributed by atoms with van der Waals surface area (Å²) in [5.74, 6) is -0.816. The molecule has 112 valence electrons. The van der Waals surface area contributed by atoms with Gasteiger partial charge in [-0.05, 0) is 12.5 Å². The second-order valence-electron chi connectivity index (χ2n) is 4.46. The van der Waals surface area contributed by atoms with Crippen molar-refractivity contribution in [2.24, 2.45) is 0 Å². The summed E-state index contributed by atoms with van der Waals surface area (Å²) in [6, 6.07) is 1.67. The normalized spacial score (nSPS) is 10.4. The van der Waals surface area contributed by atoms with Crippen LogP contribution in [0.25, 0.3) is 11.0 Å². The number of methoxy groups -OCH3 is 1. The van der Waals surface area contributed by atoms with Crippen LogP contribution in [-0.4, -0.2) is 36.1 Å². The third-order valence-corrected chi connectivity index (χ3v) is 2.99. The number of carbonyl (C=O) groups excluding carboxylic acids is 2. The molecule has 1 N–H and O–H groups in total. The molecule has 0 fully saturated rings. The highest BCUT2D eigenvalue weighted by Crippen LogP contribution is 2.28. The van der Waals surface area contributed by atoms with Gasteiger partial charge in [0, 0.05) is 25.9 Å². The van der Waals surface area contributed by atoms with E-state index in [1.807, 2.05) is 6.92 Å². The molecule has 2 rings (SSSR count). The zero-order valence-electron chi connectivity index (χ0n) is 12.2. The number of hydroxylamine groups is 1. The predicted octanol–water partition coefficient (Wildman–Crippen LogP) is 2.04. The SMILES string of the molecule is CCCC(=O)ON(C)c1ccnc2[nH]cc(C(=O)OC)c12. The number of pyridine rings is 1. The fourth-order valence-corrected chi connectivity index (χ4v) is 2.02. The maximum Gasteiger partial charge on any atom is 0.340 e. The van der Waals surface area contributed by atoms with Gasteiger partial charge in [-0.3, -0.25) is 0 Å². The number of carbonyl (C=O) groups is 2. The van der Waals surface area contributed by atoms with E-state index in [4.69, 9.17) is 9.57 Å². The highest BCUT2D eigenvalue weighted by molar-refractivity contribution is 6.08. The summed E-state index contributed by atoms with van der Waals surface area (Å²) in [7, 11) is 2.92. The molecule has 0 aliphatic heterocycles. The van der Waals surface area contributed by atoms with Crippen molar-refractivity contribution in [3.63, 3.8) is 0 Å². The third-order valence-electron chi connectivity index (χ3n) is 2.99. The number of rotatable bonds is 5. The Hall–Kier alpha value is -2.57. The van der Waals surface area contributed by atoms with E-state index in [0.717, 1.165) is 0 Å². The van der Waals surface area contributed by atoms with Crippen molar-refractivity contribution in [3.05, 3.63) is 24.0 Å². The van der Waals surface area contributed by atoms with Crippen molar-refractivity contribution in [1.29, 1.82) is 0 Å². The standard InChI is InChI=1S/C14H17N3O4/c1-4-5-11(18)21-17(2)10-6-7-15-13-12(10)9(8-16-13)14(19)20-3/h6-8H,4-5H2,1-3H3,(H,15,16). The number of aromatic amines is 1. The van der Waals surface area contributed by atoms with Crippen molar-refractivity contribution < 1.29 is 19.2 Å². The number of fused-ring (bicyclic) bond motifs is 1. The van der Waals surface area contributed by atoms with Gasteiger partial charge in [0.25, 0.3) is 0 Å². The Balaban J connectivity index is 2.41. The molecular formula is C14H17N3O4. The summed E-state index contributed by atoms with van der Waals surface area (Å²) in [6.45, 7) is 1.90. The Morgan fingerprint density at radius 1 is 1.43 bits per heavy atom. The summed E-state index contributed by atoms with van der Waals surface area (Å²) in [6.07, 6.45) is 4.12. The number of hydrogen-bond donors (Lipinski definition) is 1. The molecule has 0 aliphatic rings. The van der Waals surface area contributed by atoms with Crippen LogP contribution in [-0.2, 0) is 14.4 Å². The highest BCUT2D eigenvalue weighted by atomic mass is 16.7. The quantitative estimate of drug-likeness (QED) is 0.670. The van der Waals surface area contributed by atoms with E-state index in [9.17, 15) is 9.59 Å². The Morgan fingerprint density at radius 3 is 2.86 bits per heavy atom. The smallest absolute Gasteiger partial charge is 0.340 e. The van der Waals surface area contributed by atoms with Crippen molar-refractivity contribution >= 4 is 28.7 Å². The average molecular weight is 291 g/mol. The lowest BCUT2D eigenvalue weighted by Gasteiger charge is -2.19. The van der Waals surface area contributed by atoms with Crippen molar-refractivity contribution in [3.8, 4) is 0 Å². The fraction of sp³-hybridized carbons (Fsp3) is 0.357. The van der Waals surface area contributed by atoms with E-state index in [0.29, 0.717) is 35.1 Å². The van der Waals surface area contributed by atoms with Crippen LogP contribution >= 0.6 is 0 Å². The van der Waals surface area contributed by atoms with E-state index < -0.39 is 5.97 Å². The van der Waals surface area contributed by atoms with Crippen LogP contribution in [0.15, 0.2) is 18.5 Å². The molecule has 2 heterocycles. The molecule has 2 aromatic heterocycles. The van der Waals surface area contributed by atoms with Crippen LogP contribution in [0.3, 0.4) is 0 Å². The zero-order valence-corrected chi connectivity index (χ0v) is 12.2. The van der Waals surface area contributed by atoms with E-state index in [-0.39, 0.29) is 5.97 Å². The summed E-state index contributed by atoms with van der Waals surface area (Å²) in [4.78, 5) is 35.7. The van der Waals surface area contributed by atoms with Gasteiger partial charge < -0.3 is 14.6 Å². The first kappa shape index (κ1) is 14.8. The highest BCUT2D eigenvalue weighted by Gasteiger charge is 2.19. The van der Waals surface area contributed by atoms with E-state index in [1.54, 1.807) is 19.3 Å². The molecule has 0 atom stereocenters. The van der Waals surface area contributed by atoms with Crippen LogP contribution in [0.1, 0.15) is 30.1 Å². The summed E-state index contributed by atoms with van der Waals surface area (Å²) in [5, 5.41) is 1.89. The Kier molecular flexibility index (Phi) is 4.42. The molecule has 0 aromatic carbocycles. The first-order valence-corrected chi connectivity index (χ1v) is 6.57. The maximum absolute atomic E-state index is 11.8. The molecule has 0 spiro atoms. The lowest BCUT2D eigenvalue weighted by atomic mass is 10.2. The molecule has 7 nitrogen and oxygen atoms in total. The van der Waals surface area contributed by atoms with Gasteiger partial charge in [-0.25, -0.2) is 19.6 Å². The number of hydrogen-bond acceptors (Lipinski definition) is 6. The van der Waals surface area contributed by atoms with Gasteiger partial charge >= 0.3 is 11.9 Å². The number of aromatic nitrogens is 2. The minimum absolute atomic E-state index is 0.329. The number of nitrogens with one attached hydrogen (secondary N) is 1. The van der Waals surface area contributed by atoms with Crippen molar-refractivity contribution in [2.45, 2.75) is 19.8 Å². The molecule has 2 aromatic rings. The second kappa shape index (κ2) is 6.25. The molecule has 21 heavy (non-hydrogen) atoms. The minimum Gasteiger partial charge on any atom is -0.465 e. The Morgan fingerprint density at radius 2 is 2.19 bits per heavy atom. The molecule has 0 saturated carbocycles. The van der Waals surface area contributed by atoms with Crippen molar-refractivity contribution in [2.75, 3.05) is 19.2 Å². The number of H-pyrrole nitrogens is 1. The summed E-state index contributed by atoms with van der Waals surface area (Å²) >= 11 is 0. The molecule has 7 heteroatoms. The van der Waals surface area contributed by atoms with E-state index in [2.05, 4.69) is 9.97 Å². The first-order valence-electron chi connectivity index (χ1n) is 6.57. The van der Waals surface area contributed by atoms with Crippen LogP contribution in [0.2, 0.25) is 0 Å². The molecule has 0 aliphatic carbocycles. The number of esters is 1. The minimum atomic E-state index is -0.483. The Bertz CT molecular complexity index is 665. The van der Waals surface area contributed by atoms with Gasteiger partial charge in [-0.2, -0.15) is 0 Å². The number of anilines is 1. The second-order valence-corrected chi connectivity index (χ2v) is 4.46. The largest absolute Gasteiger partial charge is 0.465 e. The van der Waals surface area contributed by atoms with E-state index in [1.165, 1.54) is 18.4 Å². The lowest BCUT2D eigenvalue weighted by Crippen LogP contribution is -2.23. The third kappa shape index (κ3) is 2.96. The topological polar surface area (TPSA) is 84.5 Å². The van der Waals surface area contributed by atoms with Gasteiger partial charge in [0.15, 0.2) is 0 Å². The maximum atomic E-state index is 11.8. The van der Waals surface area contributed by atoms with Crippen LogP contribution in [0.5, 0.6) is 0 Å². The van der Waals surface area contributed by atoms with Gasteiger partial charge in [0.2, 0.25) is 0 Å². The van der Waals surface area contributed by atoms with Crippen LogP contribution in [0.4, 0.5) is 5.69 Å². The van der Waals surface area contributed by atoms with Gasteiger partial charge in [-0.15, -0.1) is 0 Å². The number of ether oxygens (including phenoxy) is 1. The van der Waals surface area contributed by atoms with Gasteiger partial charge in [0.1, 0.15) is 5.65 Å².